The molecule has 0 radical (unpaired) electrons. The van der Waals surface area contributed by atoms with E-state index in [4.69, 9.17) is 4.74 Å². The zero-order valence-corrected chi connectivity index (χ0v) is 20.0. The quantitative estimate of drug-likeness (QED) is 0.661. The van der Waals surface area contributed by atoms with E-state index < -0.39 is 17.7 Å². The number of amides is 2. The Morgan fingerprint density at radius 2 is 2.03 bits per heavy atom. The van der Waals surface area contributed by atoms with E-state index in [1.54, 1.807) is 22.0 Å². The molecule has 1 saturated heterocycles. The van der Waals surface area contributed by atoms with Crippen molar-refractivity contribution in [2.24, 2.45) is 0 Å². The van der Waals surface area contributed by atoms with Crippen LogP contribution < -0.4 is 4.90 Å². The van der Waals surface area contributed by atoms with Gasteiger partial charge in [-0.1, -0.05) is 31.4 Å². The lowest BCUT2D eigenvalue weighted by molar-refractivity contribution is -0.122. The Labute approximate surface area is 200 Å². The second kappa shape index (κ2) is 9.29. The predicted octanol–water partition coefficient (Wildman–Crippen LogP) is 4.52. The van der Waals surface area contributed by atoms with E-state index in [0.717, 1.165) is 34.4 Å². The molecule has 3 heterocycles. The highest BCUT2D eigenvalue weighted by molar-refractivity contribution is 6.02. The standard InChI is InChI=1S/C26H31N5O3/c1-6-9-17(7-2)20-14-18(23-27-16-28-29-23)15-22-19(20)11-13-30(22)24(32)21-10-8-12-31(21)25(33)34-26(3,4)5/h6-7,9,14-16,21H,1-2,8,10-13H2,3-5H3,(H,27,28,29)/b17-9+. The van der Waals surface area contributed by atoms with Crippen molar-refractivity contribution in [2.75, 3.05) is 18.0 Å². The monoisotopic (exact) mass is 461 g/mol. The van der Waals surface area contributed by atoms with Gasteiger partial charge in [0.1, 0.15) is 18.0 Å². The van der Waals surface area contributed by atoms with E-state index in [1.165, 1.54) is 6.33 Å². The van der Waals surface area contributed by atoms with Crippen LogP contribution in [0.1, 0.15) is 44.7 Å². The zero-order valence-electron chi connectivity index (χ0n) is 20.0. The second-order valence-electron chi connectivity index (χ2n) is 9.49. The first-order valence-corrected chi connectivity index (χ1v) is 11.5. The fourth-order valence-corrected chi connectivity index (χ4v) is 4.61. The summed E-state index contributed by atoms with van der Waals surface area (Å²) in [5, 5.41) is 6.88. The lowest BCUT2D eigenvalue weighted by atomic mass is 9.94. The van der Waals surface area contributed by atoms with Crippen LogP contribution in [0.3, 0.4) is 0 Å². The maximum absolute atomic E-state index is 13.8. The number of aromatic nitrogens is 3. The number of hydrogen-bond donors (Lipinski definition) is 1. The van der Waals surface area contributed by atoms with Crippen molar-refractivity contribution in [3.8, 4) is 11.4 Å². The number of nitrogens with one attached hydrogen (secondary N) is 1. The SMILES string of the molecule is C=C/C=C(\C=C)c1cc(-c2ncn[nH]2)cc2c1CCN2C(=O)C1CCCN1C(=O)OC(C)(C)C. The summed E-state index contributed by atoms with van der Waals surface area (Å²) >= 11 is 0. The summed E-state index contributed by atoms with van der Waals surface area (Å²) < 4.78 is 5.56. The van der Waals surface area contributed by atoms with Crippen LogP contribution in [-0.4, -0.2) is 56.8 Å². The average Bonchev–Trinajstić information content (AvgIpc) is 3.55. The normalized spacial score (nSPS) is 18.1. The third-order valence-corrected chi connectivity index (χ3v) is 6.05. The van der Waals surface area contributed by atoms with Gasteiger partial charge in [0.15, 0.2) is 5.82 Å². The number of nitrogens with zero attached hydrogens (tertiary/aromatic N) is 4. The van der Waals surface area contributed by atoms with Crippen LogP contribution >= 0.6 is 0 Å². The number of allylic oxidation sites excluding steroid dienone is 4. The molecule has 2 aliphatic rings. The third kappa shape index (κ3) is 4.53. The number of carbonyl (C=O) groups is 2. The molecule has 2 amide bonds. The first kappa shape index (κ1) is 23.5. The smallest absolute Gasteiger partial charge is 0.410 e. The van der Waals surface area contributed by atoms with Crippen LogP contribution in [-0.2, 0) is 16.0 Å². The van der Waals surface area contributed by atoms with Gasteiger partial charge in [0, 0.05) is 24.3 Å². The number of likely N-dealkylation sites (tertiary alicyclic amines) is 1. The molecule has 178 valence electrons. The summed E-state index contributed by atoms with van der Waals surface area (Å²) in [7, 11) is 0. The van der Waals surface area contributed by atoms with Gasteiger partial charge in [-0.3, -0.25) is 14.8 Å². The Morgan fingerprint density at radius 3 is 2.68 bits per heavy atom. The van der Waals surface area contributed by atoms with Crippen molar-refractivity contribution < 1.29 is 14.3 Å². The number of rotatable bonds is 5. The van der Waals surface area contributed by atoms with Gasteiger partial charge >= 0.3 is 6.09 Å². The molecule has 4 rings (SSSR count). The molecule has 1 atom stereocenters. The van der Waals surface area contributed by atoms with E-state index >= 15 is 0 Å². The molecule has 0 aliphatic carbocycles. The molecule has 8 heteroatoms. The fraction of sp³-hybridized carbons (Fsp3) is 0.385. The van der Waals surface area contributed by atoms with Crippen LogP contribution in [0.15, 0.2) is 49.8 Å². The summed E-state index contributed by atoms with van der Waals surface area (Å²) in [6.45, 7) is 14.3. The first-order valence-electron chi connectivity index (χ1n) is 11.5. The molecule has 34 heavy (non-hydrogen) atoms. The molecule has 2 aliphatic heterocycles. The van der Waals surface area contributed by atoms with Gasteiger partial charge in [0.2, 0.25) is 5.91 Å². The van der Waals surface area contributed by atoms with Crippen LogP contribution in [0.2, 0.25) is 0 Å². The van der Waals surface area contributed by atoms with Gasteiger partial charge in [0.05, 0.1) is 0 Å². The highest BCUT2D eigenvalue weighted by Crippen LogP contribution is 2.39. The van der Waals surface area contributed by atoms with Gasteiger partial charge in [0.25, 0.3) is 0 Å². The fourth-order valence-electron chi connectivity index (χ4n) is 4.61. The van der Waals surface area contributed by atoms with Crippen molar-refractivity contribution >= 4 is 23.3 Å². The number of carbonyl (C=O) groups excluding carboxylic acids is 2. The minimum absolute atomic E-state index is 0.0874. The first-order chi connectivity index (χ1) is 16.2. The molecule has 1 fully saturated rings. The van der Waals surface area contributed by atoms with Gasteiger partial charge in [-0.2, -0.15) is 5.10 Å². The Bertz CT molecular complexity index is 1140. The van der Waals surface area contributed by atoms with Crippen molar-refractivity contribution in [3.63, 3.8) is 0 Å². The number of benzene rings is 1. The third-order valence-electron chi connectivity index (χ3n) is 6.05. The molecule has 1 unspecified atom stereocenters. The lowest BCUT2D eigenvalue weighted by Gasteiger charge is -2.30. The highest BCUT2D eigenvalue weighted by atomic mass is 16.6. The predicted molar refractivity (Wildman–Crippen MR) is 132 cm³/mol. The number of anilines is 1. The van der Waals surface area contributed by atoms with Crippen LogP contribution in [0.25, 0.3) is 17.0 Å². The summed E-state index contributed by atoms with van der Waals surface area (Å²) in [5.74, 6) is 0.525. The van der Waals surface area contributed by atoms with Crippen molar-refractivity contribution in [1.29, 1.82) is 0 Å². The zero-order chi connectivity index (χ0) is 24.5. The Kier molecular flexibility index (Phi) is 6.41. The average molecular weight is 462 g/mol. The molecule has 2 aromatic rings. The summed E-state index contributed by atoms with van der Waals surface area (Å²) in [4.78, 5) is 34.2. The van der Waals surface area contributed by atoms with Crippen molar-refractivity contribution in [1.82, 2.24) is 20.1 Å². The summed E-state index contributed by atoms with van der Waals surface area (Å²) in [5.41, 5.74) is 3.97. The molecule has 8 nitrogen and oxygen atoms in total. The molecule has 0 spiro atoms. The van der Waals surface area contributed by atoms with E-state index in [0.29, 0.717) is 31.8 Å². The minimum Gasteiger partial charge on any atom is -0.444 e. The molecule has 1 aromatic carbocycles. The number of ether oxygens (including phenoxy) is 1. The van der Waals surface area contributed by atoms with Gasteiger partial charge in [-0.05, 0) is 68.9 Å². The summed E-state index contributed by atoms with van der Waals surface area (Å²) in [6.07, 6.45) is 8.51. The number of hydrogen-bond acceptors (Lipinski definition) is 5. The van der Waals surface area contributed by atoms with Crippen molar-refractivity contribution in [2.45, 2.75) is 51.7 Å². The molecule has 1 N–H and O–H groups in total. The van der Waals surface area contributed by atoms with Crippen LogP contribution in [0.4, 0.5) is 10.5 Å². The van der Waals surface area contributed by atoms with Crippen LogP contribution in [0.5, 0.6) is 0 Å². The lowest BCUT2D eigenvalue weighted by Crippen LogP contribution is -2.48. The Hall–Kier alpha value is -3.68. The Morgan fingerprint density at radius 1 is 1.24 bits per heavy atom. The number of aromatic amines is 1. The Balaban J connectivity index is 1.72. The van der Waals surface area contributed by atoms with E-state index in [9.17, 15) is 9.59 Å². The molecular formula is C26H31N5O3. The van der Waals surface area contributed by atoms with E-state index in [1.807, 2.05) is 39.0 Å². The molecular weight excluding hydrogens is 430 g/mol. The van der Waals surface area contributed by atoms with Gasteiger partial charge in [-0.15, -0.1) is 0 Å². The molecule has 0 bridgehead atoms. The minimum atomic E-state index is -0.618. The highest BCUT2D eigenvalue weighted by Gasteiger charge is 2.41. The molecule has 0 saturated carbocycles. The van der Waals surface area contributed by atoms with Crippen LogP contribution in [0, 0.1) is 0 Å². The number of H-pyrrole nitrogens is 1. The topological polar surface area (TPSA) is 91.4 Å². The largest absolute Gasteiger partial charge is 0.444 e. The van der Waals surface area contributed by atoms with E-state index in [2.05, 4.69) is 28.3 Å². The summed E-state index contributed by atoms with van der Waals surface area (Å²) in [6, 6.07) is 3.46. The van der Waals surface area contributed by atoms with Crippen molar-refractivity contribution in [3.05, 3.63) is 61.0 Å². The van der Waals surface area contributed by atoms with E-state index in [-0.39, 0.29) is 5.91 Å². The van der Waals surface area contributed by atoms with Gasteiger partial charge < -0.3 is 9.64 Å². The maximum atomic E-state index is 13.8. The second-order valence-corrected chi connectivity index (χ2v) is 9.49. The van der Waals surface area contributed by atoms with Gasteiger partial charge in [-0.25, -0.2) is 9.78 Å². The number of fused-ring (bicyclic) bond motifs is 1. The maximum Gasteiger partial charge on any atom is 0.410 e. The molecule has 1 aromatic heterocycles.